The topological polar surface area (TPSA) is 29.9 Å². The van der Waals surface area contributed by atoms with Crippen molar-refractivity contribution in [3.63, 3.8) is 0 Å². The molecule has 0 aliphatic rings. The van der Waals surface area contributed by atoms with E-state index >= 15 is 0 Å². The van der Waals surface area contributed by atoms with Crippen LogP contribution in [0.5, 0.6) is 0 Å². The van der Waals surface area contributed by atoms with Crippen molar-refractivity contribution in [3.05, 3.63) is 52.3 Å². The van der Waals surface area contributed by atoms with Crippen LogP contribution in [0.25, 0.3) is 0 Å². The van der Waals surface area contributed by atoms with E-state index in [2.05, 4.69) is 33.2 Å². The normalized spacial score (nSPS) is 10.9. The number of hydrogen-bond donors (Lipinski definition) is 1. The molecule has 0 radical (unpaired) electrons. The van der Waals surface area contributed by atoms with Gasteiger partial charge in [-0.2, -0.15) is 0 Å². The third-order valence-corrected chi connectivity index (χ3v) is 3.24. The Morgan fingerprint density at radius 3 is 2.95 bits per heavy atom. The van der Waals surface area contributed by atoms with Crippen molar-refractivity contribution in [2.24, 2.45) is 0 Å². The first kappa shape index (κ1) is 14.2. The zero-order valence-electron chi connectivity index (χ0n) is 10.9. The van der Waals surface area contributed by atoms with E-state index < -0.39 is 0 Å². The molecule has 19 heavy (non-hydrogen) atoms. The summed E-state index contributed by atoms with van der Waals surface area (Å²) < 4.78 is 16.0. The van der Waals surface area contributed by atoms with Gasteiger partial charge in [0, 0.05) is 30.2 Å². The highest BCUT2D eigenvalue weighted by molar-refractivity contribution is 9.10. The molecule has 1 aromatic carbocycles. The lowest BCUT2D eigenvalue weighted by Gasteiger charge is -2.03. The molecule has 0 atom stereocenters. The summed E-state index contributed by atoms with van der Waals surface area (Å²) in [7, 11) is 0. The lowest BCUT2D eigenvalue weighted by Crippen LogP contribution is -2.16. The largest absolute Gasteiger partial charge is 0.333 e. The summed E-state index contributed by atoms with van der Waals surface area (Å²) in [5.74, 6) is -0.225. The summed E-state index contributed by atoms with van der Waals surface area (Å²) >= 11 is 3.30. The van der Waals surface area contributed by atoms with Crippen molar-refractivity contribution in [1.29, 1.82) is 0 Å². The van der Waals surface area contributed by atoms with Crippen molar-refractivity contribution in [2.75, 3.05) is 13.1 Å². The molecule has 102 valence electrons. The maximum Gasteiger partial charge on any atom is 0.124 e. The highest BCUT2D eigenvalue weighted by Gasteiger charge is 2.02. The van der Waals surface area contributed by atoms with E-state index in [0.717, 1.165) is 35.2 Å². The van der Waals surface area contributed by atoms with Gasteiger partial charge in [-0.15, -0.1) is 0 Å². The van der Waals surface area contributed by atoms with E-state index in [1.807, 2.05) is 16.8 Å². The Morgan fingerprint density at radius 2 is 2.21 bits per heavy atom. The van der Waals surface area contributed by atoms with E-state index in [-0.39, 0.29) is 5.82 Å². The molecule has 1 heterocycles. The average molecular weight is 326 g/mol. The maximum atomic E-state index is 13.3. The van der Waals surface area contributed by atoms with Crippen LogP contribution in [0, 0.1) is 5.82 Å². The van der Waals surface area contributed by atoms with Crippen LogP contribution in [-0.4, -0.2) is 22.6 Å². The summed E-state index contributed by atoms with van der Waals surface area (Å²) in [5.41, 5.74) is 1.97. The fourth-order valence-electron chi connectivity index (χ4n) is 1.93. The molecule has 1 aromatic heterocycles. The molecule has 0 saturated heterocycles. The Balaban J connectivity index is 1.99. The van der Waals surface area contributed by atoms with Crippen LogP contribution in [0.4, 0.5) is 4.39 Å². The van der Waals surface area contributed by atoms with Crippen molar-refractivity contribution in [2.45, 2.75) is 19.9 Å². The Morgan fingerprint density at radius 1 is 1.37 bits per heavy atom. The SMILES string of the molecule is CCNCCc1cn(Cc2cc(F)cc(Br)c2)cn1. The van der Waals surface area contributed by atoms with E-state index in [0.29, 0.717) is 6.54 Å². The second-order valence-electron chi connectivity index (χ2n) is 4.42. The molecule has 0 amide bonds. The van der Waals surface area contributed by atoms with E-state index in [1.54, 1.807) is 12.4 Å². The molecule has 2 rings (SSSR count). The predicted octanol–water partition coefficient (Wildman–Crippen LogP) is 2.99. The number of nitrogens with one attached hydrogen (secondary N) is 1. The van der Waals surface area contributed by atoms with Gasteiger partial charge in [0.05, 0.1) is 12.0 Å². The number of halogens is 2. The molecular weight excluding hydrogens is 309 g/mol. The Kier molecular flexibility index (Phi) is 5.10. The standard InChI is InChI=1S/C14H17BrFN3/c1-2-17-4-3-14-9-19(10-18-14)8-11-5-12(15)7-13(16)6-11/h5-7,9-10,17H,2-4,8H2,1H3. The van der Waals surface area contributed by atoms with Gasteiger partial charge < -0.3 is 9.88 Å². The third kappa shape index (κ3) is 4.44. The molecule has 2 aromatic rings. The fraction of sp³-hybridized carbons (Fsp3) is 0.357. The first-order valence-electron chi connectivity index (χ1n) is 6.33. The molecule has 0 aliphatic heterocycles. The summed E-state index contributed by atoms with van der Waals surface area (Å²) in [6, 6.07) is 4.92. The monoisotopic (exact) mass is 325 g/mol. The molecule has 1 N–H and O–H groups in total. The van der Waals surface area contributed by atoms with E-state index in [9.17, 15) is 4.39 Å². The molecule has 0 spiro atoms. The zero-order chi connectivity index (χ0) is 13.7. The maximum absolute atomic E-state index is 13.3. The van der Waals surface area contributed by atoms with Crippen LogP contribution in [0.15, 0.2) is 35.2 Å². The molecular formula is C14H17BrFN3. The number of hydrogen-bond acceptors (Lipinski definition) is 2. The van der Waals surface area contributed by atoms with Crippen LogP contribution < -0.4 is 5.32 Å². The first-order valence-corrected chi connectivity index (χ1v) is 7.13. The molecule has 0 saturated carbocycles. The fourth-order valence-corrected chi connectivity index (χ4v) is 2.44. The van der Waals surface area contributed by atoms with Crippen molar-refractivity contribution < 1.29 is 4.39 Å². The van der Waals surface area contributed by atoms with Gasteiger partial charge in [0.1, 0.15) is 5.82 Å². The zero-order valence-corrected chi connectivity index (χ0v) is 12.5. The minimum atomic E-state index is -0.225. The third-order valence-electron chi connectivity index (χ3n) is 2.78. The Bertz CT molecular complexity index is 519. The summed E-state index contributed by atoms with van der Waals surface area (Å²) in [6.45, 7) is 4.61. The highest BCUT2D eigenvalue weighted by atomic mass is 79.9. The number of rotatable bonds is 6. The highest BCUT2D eigenvalue weighted by Crippen LogP contribution is 2.16. The van der Waals surface area contributed by atoms with Crippen molar-refractivity contribution >= 4 is 15.9 Å². The van der Waals surface area contributed by atoms with Gasteiger partial charge >= 0.3 is 0 Å². The molecule has 0 unspecified atom stereocenters. The Labute approximate surface area is 121 Å². The molecule has 0 aliphatic carbocycles. The van der Waals surface area contributed by atoms with Crippen molar-refractivity contribution in [1.82, 2.24) is 14.9 Å². The number of likely N-dealkylation sites (N-methyl/N-ethyl adjacent to an activating group) is 1. The lowest BCUT2D eigenvalue weighted by molar-refractivity contribution is 0.622. The smallest absolute Gasteiger partial charge is 0.124 e. The summed E-state index contributed by atoms with van der Waals surface area (Å²) in [4.78, 5) is 4.35. The molecule has 0 fully saturated rings. The van der Waals surface area contributed by atoms with E-state index in [4.69, 9.17) is 0 Å². The summed E-state index contributed by atoms with van der Waals surface area (Å²) in [6.07, 6.45) is 4.71. The van der Waals surface area contributed by atoms with Gasteiger partial charge in [-0.25, -0.2) is 9.37 Å². The molecule has 3 nitrogen and oxygen atoms in total. The van der Waals surface area contributed by atoms with Gasteiger partial charge in [-0.3, -0.25) is 0 Å². The molecule has 5 heteroatoms. The van der Waals surface area contributed by atoms with Crippen LogP contribution in [0.2, 0.25) is 0 Å². The second-order valence-corrected chi connectivity index (χ2v) is 5.33. The minimum Gasteiger partial charge on any atom is -0.333 e. The lowest BCUT2D eigenvalue weighted by atomic mass is 10.2. The van der Waals surface area contributed by atoms with Crippen LogP contribution in [0.1, 0.15) is 18.2 Å². The van der Waals surface area contributed by atoms with Gasteiger partial charge in [-0.05, 0) is 30.3 Å². The Hall–Kier alpha value is -1.20. The quantitative estimate of drug-likeness (QED) is 0.827. The molecule has 0 bridgehead atoms. The van der Waals surface area contributed by atoms with E-state index in [1.165, 1.54) is 6.07 Å². The van der Waals surface area contributed by atoms with Gasteiger partial charge in [0.25, 0.3) is 0 Å². The average Bonchev–Trinajstić information content (AvgIpc) is 2.76. The number of aromatic nitrogens is 2. The van der Waals surface area contributed by atoms with Crippen molar-refractivity contribution in [3.8, 4) is 0 Å². The van der Waals surface area contributed by atoms with Crippen LogP contribution >= 0.6 is 15.9 Å². The van der Waals surface area contributed by atoms with Gasteiger partial charge in [0.15, 0.2) is 0 Å². The van der Waals surface area contributed by atoms with Gasteiger partial charge in [-0.1, -0.05) is 22.9 Å². The van der Waals surface area contributed by atoms with Gasteiger partial charge in [0.2, 0.25) is 0 Å². The van der Waals surface area contributed by atoms with Crippen LogP contribution in [0.3, 0.4) is 0 Å². The second kappa shape index (κ2) is 6.82. The summed E-state index contributed by atoms with van der Waals surface area (Å²) in [5, 5.41) is 3.27. The predicted molar refractivity (Wildman–Crippen MR) is 77.7 cm³/mol. The number of benzene rings is 1. The van der Waals surface area contributed by atoms with Crippen LogP contribution in [-0.2, 0) is 13.0 Å². The minimum absolute atomic E-state index is 0.225. The number of imidazole rings is 1. The number of nitrogens with zero attached hydrogens (tertiary/aromatic N) is 2. The first-order chi connectivity index (χ1) is 9.17.